The molecule has 2 rings (SSSR count). The number of methoxy groups -OCH3 is 1. The fourth-order valence-corrected chi connectivity index (χ4v) is 3.14. The van der Waals surface area contributed by atoms with Gasteiger partial charge in [0.1, 0.15) is 5.75 Å². The molecule has 0 bridgehead atoms. The molecule has 0 N–H and O–H groups in total. The quantitative estimate of drug-likeness (QED) is 0.634. The molecule has 19 heavy (non-hydrogen) atoms. The van der Waals surface area contributed by atoms with Crippen LogP contribution in [0.25, 0.3) is 0 Å². The number of benzene rings is 2. The fourth-order valence-electron chi connectivity index (χ4n) is 1.86. The van der Waals surface area contributed by atoms with Gasteiger partial charge in [-0.05, 0) is 57.7 Å². The van der Waals surface area contributed by atoms with E-state index in [2.05, 4.69) is 15.9 Å². The Kier molecular flexibility index (Phi) is 4.77. The smallest absolute Gasteiger partial charge is 0.133 e. The molecule has 0 amide bonds. The molecular weight excluding hydrogens is 347 g/mol. The van der Waals surface area contributed by atoms with Crippen LogP contribution >= 0.6 is 39.1 Å². The minimum atomic E-state index is -0.282. The van der Waals surface area contributed by atoms with Crippen LogP contribution in [0.1, 0.15) is 22.1 Å². The minimum absolute atomic E-state index is 0.282. The van der Waals surface area contributed by atoms with Crippen molar-refractivity contribution in [3.63, 3.8) is 0 Å². The lowest BCUT2D eigenvalue weighted by Gasteiger charge is -2.14. The van der Waals surface area contributed by atoms with E-state index < -0.39 is 0 Å². The van der Waals surface area contributed by atoms with Gasteiger partial charge in [-0.25, -0.2) is 0 Å². The lowest BCUT2D eigenvalue weighted by Crippen LogP contribution is -1.96. The number of rotatable bonds is 3. The van der Waals surface area contributed by atoms with E-state index in [-0.39, 0.29) is 5.38 Å². The van der Waals surface area contributed by atoms with Gasteiger partial charge in [0.2, 0.25) is 0 Å². The third kappa shape index (κ3) is 3.25. The van der Waals surface area contributed by atoms with Crippen LogP contribution in [0.5, 0.6) is 5.75 Å². The van der Waals surface area contributed by atoms with Gasteiger partial charge in [-0.15, -0.1) is 11.6 Å². The first kappa shape index (κ1) is 14.7. The maximum absolute atomic E-state index is 6.51. The van der Waals surface area contributed by atoms with Gasteiger partial charge in [-0.2, -0.15) is 0 Å². The fraction of sp³-hybridized carbons (Fsp3) is 0.200. The highest BCUT2D eigenvalue weighted by molar-refractivity contribution is 9.10. The Hall–Kier alpha value is -0.700. The predicted molar refractivity (Wildman–Crippen MR) is 84.6 cm³/mol. The maximum atomic E-state index is 6.51. The van der Waals surface area contributed by atoms with Gasteiger partial charge < -0.3 is 4.74 Å². The first-order valence-electron chi connectivity index (χ1n) is 5.76. The Labute approximate surface area is 131 Å². The zero-order valence-corrected chi connectivity index (χ0v) is 13.7. The van der Waals surface area contributed by atoms with Crippen LogP contribution in [0.3, 0.4) is 0 Å². The van der Waals surface area contributed by atoms with Crippen LogP contribution in [0.4, 0.5) is 0 Å². The van der Waals surface area contributed by atoms with Crippen LogP contribution in [0, 0.1) is 6.92 Å². The Bertz CT molecular complexity index is 599. The SMILES string of the molecule is COc1ccc(C(Cl)c2ccc(C)cc2Cl)cc1Br. The summed E-state index contributed by atoms with van der Waals surface area (Å²) in [6, 6.07) is 11.7. The van der Waals surface area contributed by atoms with Gasteiger partial charge in [0.25, 0.3) is 0 Å². The van der Waals surface area contributed by atoms with Crippen molar-refractivity contribution < 1.29 is 4.74 Å². The Balaban J connectivity index is 2.38. The van der Waals surface area contributed by atoms with E-state index in [0.717, 1.165) is 26.9 Å². The lowest BCUT2D eigenvalue weighted by molar-refractivity contribution is 0.412. The standard InChI is InChI=1S/C15H13BrCl2O/c1-9-3-5-11(13(17)7-9)15(18)10-4-6-14(19-2)12(16)8-10/h3-8,15H,1-2H3. The molecule has 0 radical (unpaired) electrons. The van der Waals surface area contributed by atoms with Crippen molar-refractivity contribution in [2.45, 2.75) is 12.3 Å². The zero-order chi connectivity index (χ0) is 14.0. The molecule has 4 heteroatoms. The summed E-state index contributed by atoms with van der Waals surface area (Å²) in [4.78, 5) is 0. The number of hydrogen-bond acceptors (Lipinski definition) is 1. The van der Waals surface area contributed by atoms with Crippen LogP contribution in [0.2, 0.25) is 5.02 Å². The highest BCUT2D eigenvalue weighted by Gasteiger charge is 2.15. The molecule has 0 saturated heterocycles. The van der Waals surface area contributed by atoms with E-state index >= 15 is 0 Å². The number of aryl methyl sites for hydroxylation is 1. The van der Waals surface area contributed by atoms with Crippen LogP contribution < -0.4 is 4.74 Å². The number of halogens is 3. The van der Waals surface area contributed by atoms with Gasteiger partial charge >= 0.3 is 0 Å². The molecule has 0 aliphatic heterocycles. The van der Waals surface area contributed by atoms with Crippen molar-refractivity contribution in [1.82, 2.24) is 0 Å². The Morgan fingerprint density at radius 3 is 2.47 bits per heavy atom. The van der Waals surface area contributed by atoms with Gasteiger partial charge in [-0.3, -0.25) is 0 Å². The Morgan fingerprint density at radius 1 is 1.16 bits per heavy atom. The molecule has 0 aliphatic rings. The van der Waals surface area contributed by atoms with Crippen molar-refractivity contribution in [3.8, 4) is 5.75 Å². The summed E-state index contributed by atoms with van der Waals surface area (Å²) in [6.07, 6.45) is 0. The van der Waals surface area contributed by atoms with Crippen molar-refractivity contribution in [2.75, 3.05) is 7.11 Å². The molecular formula is C15H13BrCl2O. The number of ether oxygens (including phenoxy) is 1. The van der Waals surface area contributed by atoms with E-state index in [1.807, 2.05) is 43.3 Å². The average Bonchev–Trinajstić information content (AvgIpc) is 2.38. The van der Waals surface area contributed by atoms with Gasteiger partial charge in [0.15, 0.2) is 0 Å². The van der Waals surface area contributed by atoms with Crippen LogP contribution in [-0.2, 0) is 0 Å². The highest BCUT2D eigenvalue weighted by Crippen LogP contribution is 2.37. The third-order valence-corrected chi connectivity index (χ3v) is 4.33. The summed E-state index contributed by atoms with van der Waals surface area (Å²) in [7, 11) is 1.63. The first-order chi connectivity index (χ1) is 9.02. The summed E-state index contributed by atoms with van der Waals surface area (Å²) >= 11 is 16.2. The summed E-state index contributed by atoms with van der Waals surface area (Å²) in [5, 5.41) is 0.405. The van der Waals surface area contributed by atoms with Crippen molar-refractivity contribution in [3.05, 3.63) is 62.6 Å². The van der Waals surface area contributed by atoms with Crippen molar-refractivity contribution in [2.24, 2.45) is 0 Å². The highest BCUT2D eigenvalue weighted by atomic mass is 79.9. The molecule has 1 nitrogen and oxygen atoms in total. The molecule has 100 valence electrons. The van der Waals surface area contributed by atoms with E-state index in [1.54, 1.807) is 7.11 Å². The van der Waals surface area contributed by atoms with E-state index in [1.165, 1.54) is 0 Å². The molecule has 1 unspecified atom stereocenters. The second kappa shape index (κ2) is 6.17. The van der Waals surface area contributed by atoms with Crippen molar-refractivity contribution in [1.29, 1.82) is 0 Å². The summed E-state index contributed by atoms with van der Waals surface area (Å²) in [6.45, 7) is 2.00. The van der Waals surface area contributed by atoms with Gasteiger partial charge in [-0.1, -0.05) is 29.8 Å². The molecule has 0 heterocycles. The molecule has 0 fully saturated rings. The Morgan fingerprint density at radius 2 is 1.89 bits per heavy atom. The lowest BCUT2D eigenvalue weighted by atomic mass is 10.0. The monoisotopic (exact) mass is 358 g/mol. The molecule has 2 aromatic rings. The summed E-state index contributed by atoms with van der Waals surface area (Å²) in [5.74, 6) is 0.780. The number of alkyl halides is 1. The maximum Gasteiger partial charge on any atom is 0.133 e. The zero-order valence-electron chi connectivity index (χ0n) is 10.6. The summed E-state index contributed by atoms with van der Waals surface area (Å²) in [5.41, 5.74) is 3.00. The summed E-state index contributed by atoms with van der Waals surface area (Å²) < 4.78 is 6.09. The molecule has 2 aromatic carbocycles. The van der Waals surface area contributed by atoms with Gasteiger partial charge in [0.05, 0.1) is 17.0 Å². The molecule has 0 spiro atoms. The van der Waals surface area contributed by atoms with E-state index in [4.69, 9.17) is 27.9 Å². The average molecular weight is 360 g/mol. The molecule has 0 aromatic heterocycles. The molecule has 0 saturated carbocycles. The van der Waals surface area contributed by atoms with E-state index in [9.17, 15) is 0 Å². The predicted octanol–water partition coefficient (Wildman–Crippen LogP) is 5.75. The third-order valence-electron chi connectivity index (χ3n) is 2.90. The molecule has 0 aliphatic carbocycles. The van der Waals surface area contributed by atoms with Crippen LogP contribution in [0.15, 0.2) is 40.9 Å². The van der Waals surface area contributed by atoms with Crippen LogP contribution in [-0.4, -0.2) is 7.11 Å². The largest absolute Gasteiger partial charge is 0.496 e. The number of hydrogen-bond donors (Lipinski definition) is 0. The second-order valence-electron chi connectivity index (χ2n) is 4.28. The topological polar surface area (TPSA) is 9.23 Å². The van der Waals surface area contributed by atoms with Gasteiger partial charge in [0, 0.05) is 5.02 Å². The normalized spacial score (nSPS) is 12.3. The molecule has 1 atom stereocenters. The first-order valence-corrected chi connectivity index (χ1v) is 7.37. The van der Waals surface area contributed by atoms with Crippen molar-refractivity contribution >= 4 is 39.1 Å². The minimum Gasteiger partial charge on any atom is -0.496 e. The van der Waals surface area contributed by atoms with E-state index in [0.29, 0.717) is 5.02 Å². The second-order valence-corrected chi connectivity index (χ2v) is 5.98.